The van der Waals surface area contributed by atoms with Crippen molar-refractivity contribution in [2.24, 2.45) is 0 Å². The quantitative estimate of drug-likeness (QED) is 0.725. The number of oxazole rings is 1. The van der Waals surface area contributed by atoms with Gasteiger partial charge >= 0.3 is 0 Å². The molecule has 1 aromatic heterocycles. The van der Waals surface area contributed by atoms with Gasteiger partial charge in [-0.2, -0.15) is 0 Å². The van der Waals surface area contributed by atoms with Crippen LogP contribution >= 0.6 is 0 Å². The molecule has 0 fully saturated rings. The van der Waals surface area contributed by atoms with Gasteiger partial charge < -0.3 is 13.9 Å². The molecule has 0 saturated carbocycles. The Labute approximate surface area is 123 Å². The van der Waals surface area contributed by atoms with E-state index in [1.807, 2.05) is 30.3 Å². The minimum atomic E-state index is 0.533. The number of aryl methyl sites for hydroxylation is 2. The summed E-state index contributed by atoms with van der Waals surface area (Å²) in [6.07, 6.45) is 0. The summed E-state index contributed by atoms with van der Waals surface area (Å²) in [5.41, 5.74) is 4.78. The third-order valence-corrected chi connectivity index (χ3v) is 3.64. The molecule has 0 atom stereocenters. The molecule has 21 heavy (non-hydrogen) atoms. The molecule has 108 valence electrons. The zero-order valence-electron chi connectivity index (χ0n) is 12.6. The number of hydrogen-bond donors (Lipinski definition) is 0. The summed E-state index contributed by atoms with van der Waals surface area (Å²) in [5.74, 6) is 1.82. The number of hydrogen-bond acceptors (Lipinski definition) is 4. The molecule has 0 bridgehead atoms. The standard InChI is InChI=1S/C17H17NO3/c1-10-8-13-15(9-11(10)2)21-17(18-13)12-6-5-7-14(19-3)16(12)20-4/h5-9H,1-4H3. The smallest absolute Gasteiger partial charge is 0.231 e. The van der Waals surface area contributed by atoms with Gasteiger partial charge in [-0.15, -0.1) is 0 Å². The van der Waals surface area contributed by atoms with E-state index in [0.717, 1.165) is 16.7 Å². The topological polar surface area (TPSA) is 44.5 Å². The van der Waals surface area contributed by atoms with E-state index in [1.165, 1.54) is 11.1 Å². The minimum Gasteiger partial charge on any atom is -0.493 e. The predicted octanol–water partition coefficient (Wildman–Crippen LogP) is 4.13. The summed E-state index contributed by atoms with van der Waals surface area (Å²) in [4.78, 5) is 4.57. The number of para-hydroxylation sites is 1. The Balaban J connectivity index is 2.21. The minimum absolute atomic E-state index is 0.533. The van der Waals surface area contributed by atoms with Crippen molar-refractivity contribution in [1.82, 2.24) is 4.98 Å². The van der Waals surface area contributed by atoms with Crippen LogP contribution in [0.15, 0.2) is 34.7 Å². The van der Waals surface area contributed by atoms with E-state index >= 15 is 0 Å². The lowest BCUT2D eigenvalue weighted by atomic mass is 10.1. The van der Waals surface area contributed by atoms with Crippen molar-refractivity contribution in [3.63, 3.8) is 0 Å². The molecule has 0 saturated heterocycles. The van der Waals surface area contributed by atoms with Crippen LogP contribution in [-0.4, -0.2) is 19.2 Å². The summed E-state index contributed by atoms with van der Waals surface area (Å²) in [6, 6.07) is 9.69. The van der Waals surface area contributed by atoms with Crippen LogP contribution in [0.5, 0.6) is 11.5 Å². The summed E-state index contributed by atoms with van der Waals surface area (Å²) in [6.45, 7) is 4.12. The molecule has 4 heteroatoms. The van der Waals surface area contributed by atoms with Crippen molar-refractivity contribution in [2.45, 2.75) is 13.8 Å². The molecule has 0 aliphatic rings. The molecule has 3 rings (SSSR count). The third kappa shape index (κ3) is 2.23. The molecule has 3 aromatic rings. The number of nitrogens with zero attached hydrogens (tertiary/aromatic N) is 1. The van der Waals surface area contributed by atoms with Crippen LogP contribution < -0.4 is 9.47 Å². The van der Waals surface area contributed by atoms with Gasteiger partial charge in [-0.1, -0.05) is 6.07 Å². The van der Waals surface area contributed by atoms with Crippen molar-refractivity contribution < 1.29 is 13.9 Å². The van der Waals surface area contributed by atoms with Crippen LogP contribution in [0.25, 0.3) is 22.6 Å². The number of aromatic nitrogens is 1. The lowest BCUT2D eigenvalue weighted by molar-refractivity contribution is 0.355. The SMILES string of the molecule is COc1cccc(-c2nc3cc(C)c(C)cc3o2)c1OC. The lowest BCUT2D eigenvalue weighted by Gasteiger charge is -2.09. The Hall–Kier alpha value is -2.49. The van der Waals surface area contributed by atoms with Crippen LogP contribution in [0.2, 0.25) is 0 Å². The highest BCUT2D eigenvalue weighted by molar-refractivity contribution is 5.79. The fraction of sp³-hybridized carbons (Fsp3) is 0.235. The highest BCUT2D eigenvalue weighted by atomic mass is 16.5. The molecule has 0 aliphatic heterocycles. The van der Waals surface area contributed by atoms with Crippen LogP contribution in [0, 0.1) is 13.8 Å². The van der Waals surface area contributed by atoms with Gasteiger partial charge in [0.15, 0.2) is 17.1 Å². The number of fused-ring (bicyclic) bond motifs is 1. The van der Waals surface area contributed by atoms with Crippen molar-refractivity contribution >= 4 is 11.1 Å². The van der Waals surface area contributed by atoms with Gasteiger partial charge in [0.1, 0.15) is 5.52 Å². The Morgan fingerprint density at radius 2 is 1.76 bits per heavy atom. The summed E-state index contributed by atoms with van der Waals surface area (Å²) < 4.78 is 16.6. The fourth-order valence-corrected chi connectivity index (χ4v) is 2.35. The largest absolute Gasteiger partial charge is 0.493 e. The molecule has 0 amide bonds. The second-order valence-corrected chi connectivity index (χ2v) is 4.96. The molecule has 0 aliphatic carbocycles. The molecule has 0 unspecified atom stereocenters. The van der Waals surface area contributed by atoms with E-state index in [1.54, 1.807) is 14.2 Å². The van der Waals surface area contributed by atoms with E-state index in [2.05, 4.69) is 18.8 Å². The predicted molar refractivity (Wildman–Crippen MR) is 82.0 cm³/mol. The molecule has 0 spiro atoms. The highest BCUT2D eigenvalue weighted by Crippen LogP contribution is 2.38. The molecule has 4 nitrogen and oxygen atoms in total. The molecule has 0 N–H and O–H groups in total. The van der Waals surface area contributed by atoms with Gasteiger partial charge in [0.2, 0.25) is 5.89 Å². The molecular formula is C17H17NO3. The second-order valence-electron chi connectivity index (χ2n) is 4.96. The maximum absolute atomic E-state index is 5.89. The Bertz CT molecular complexity index is 766. The van der Waals surface area contributed by atoms with Gasteiger partial charge in [-0.3, -0.25) is 0 Å². The monoisotopic (exact) mass is 283 g/mol. The Morgan fingerprint density at radius 1 is 1.00 bits per heavy atom. The van der Waals surface area contributed by atoms with Gasteiger partial charge in [0, 0.05) is 0 Å². The van der Waals surface area contributed by atoms with Gasteiger partial charge in [-0.05, 0) is 49.2 Å². The first kappa shape index (κ1) is 13.5. The molecule has 0 radical (unpaired) electrons. The van der Waals surface area contributed by atoms with Crippen molar-refractivity contribution in [3.8, 4) is 23.0 Å². The van der Waals surface area contributed by atoms with Crippen LogP contribution in [0.3, 0.4) is 0 Å². The first-order chi connectivity index (χ1) is 10.1. The van der Waals surface area contributed by atoms with Gasteiger partial charge in [0.05, 0.1) is 19.8 Å². The summed E-state index contributed by atoms with van der Waals surface area (Å²) >= 11 is 0. The number of benzene rings is 2. The van der Waals surface area contributed by atoms with Gasteiger partial charge in [0.25, 0.3) is 0 Å². The average molecular weight is 283 g/mol. The van der Waals surface area contributed by atoms with E-state index in [4.69, 9.17) is 13.9 Å². The normalized spacial score (nSPS) is 10.9. The Morgan fingerprint density at radius 3 is 2.48 bits per heavy atom. The number of methoxy groups -OCH3 is 2. The van der Waals surface area contributed by atoms with E-state index < -0.39 is 0 Å². The summed E-state index contributed by atoms with van der Waals surface area (Å²) in [7, 11) is 3.22. The first-order valence-corrected chi connectivity index (χ1v) is 6.73. The van der Waals surface area contributed by atoms with E-state index in [-0.39, 0.29) is 0 Å². The second kappa shape index (κ2) is 5.13. The fourth-order valence-electron chi connectivity index (χ4n) is 2.35. The molecule has 2 aromatic carbocycles. The zero-order valence-corrected chi connectivity index (χ0v) is 12.6. The van der Waals surface area contributed by atoms with E-state index in [9.17, 15) is 0 Å². The zero-order chi connectivity index (χ0) is 15.0. The third-order valence-electron chi connectivity index (χ3n) is 3.64. The summed E-state index contributed by atoms with van der Waals surface area (Å²) in [5, 5.41) is 0. The molecular weight excluding hydrogens is 266 g/mol. The Kier molecular flexibility index (Phi) is 3.29. The molecule has 1 heterocycles. The van der Waals surface area contributed by atoms with Crippen LogP contribution in [0.4, 0.5) is 0 Å². The lowest BCUT2D eigenvalue weighted by Crippen LogP contribution is -1.93. The van der Waals surface area contributed by atoms with Crippen LogP contribution in [-0.2, 0) is 0 Å². The van der Waals surface area contributed by atoms with Crippen molar-refractivity contribution in [1.29, 1.82) is 0 Å². The van der Waals surface area contributed by atoms with E-state index in [0.29, 0.717) is 17.4 Å². The maximum Gasteiger partial charge on any atom is 0.231 e. The first-order valence-electron chi connectivity index (χ1n) is 6.73. The number of rotatable bonds is 3. The maximum atomic E-state index is 5.89. The van der Waals surface area contributed by atoms with Crippen LogP contribution in [0.1, 0.15) is 11.1 Å². The highest BCUT2D eigenvalue weighted by Gasteiger charge is 2.17. The number of ether oxygens (including phenoxy) is 2. The van der Waals surface area contributed by atoms with Gasteiger partial charge in [-0.25, -0.2) is 4.98 Å². The van der Waals surface area contributed by atoms with Crippen molar-refractivity contribution in [3.05, 3.63) is 41.5 Å². The average Bonchev–Trinajstić information content (AvgIpc) is 2.89. The van der Waals surface area contributed by atoms with Crippen molar-refractivity contribution in [2.75, 3.05) is 14.2 Å².